The van der Waals surface area contributed by atoms with Crippen LogP contribution in [0.25, 0.3) is 10.9 Å². The summed E-state index contributed by atoms with van der Waals surface area (Å²) >= 11 is 0. The number of fused-ring (bicyclic) bond motifs is 1. The molecule has 7 heteroatoms. The van der Waals surface area contributed by atoms with Gasteiger partial charge in [0, 0.05) is 51.7 Å². The van der Waals surface area contributed by atoms with Crippen LogP contribution in [-0.4, -0.2) is 82.6 Å². The van der Waals surface area contributed by atoms with E-state index < -0.39 is 5.97 Å². The minimum atomic E-state index is -0.907. The zero-order valence-electron chi connectivity index (χ0n) is 17.3. The molecular weight excluding hydrogens is 368 g/mol. The molecular formula is C22H30N4O3. The zero-order chi connectivity index (χ0) is 20.5. The van der Waals surface area contributed by atoms with Crippen molar-refractivity contribution in [2.75, 3.05) is 46.3 Å². The summed E-state index contributed by atoms with van der Waals surface area (Å²) in [6, 6.07) is 7.76. The van der Waals surface area contributed by atoms with Gasteiger partial charge in [-0.05, 0) is 38.1 Å². The molecule has 2 aliphatic heterocycles. The predicted octanol–water partition coefficient (Wildman–Crippen LogP) is 1.86. The van der Waals surface area contributed by atoms with Gasteiger partial charge in [-0.25, -0.2) is 4.79 Å². The summed E-state index contributed by atoms with van der Waals surface area (Å²) in [5.41, 5.74) is 2.42. The van der Waals surface area contributed by atoms with Gasteiger partial charge in [0.2, 0.25) is 5.91 Å². The summed E-state index contributed by atoms with van der Waals surface area (Å²) in [6.07, 6.45) is 2.11. The average molecular weight is 399 g/mol. The van der Waals surface area contributed by atoms with Crippen molar-refractivity contribution in [3.8, 4) is 0 Å². The molecule has 1 unspecified atom stereocenters. The van der Waals surface area contributed by atoms with Crippen LogP contribution in [-0.2, 0) is 18.4 Å². The van der Waals surface area contributed by atoms with Gasteiger partial charge < -0.3 is 19.5 Å². The number of nitrogens with zero attached hydrogens (tertiary/aromatic N) is 4. The maximum atomic E-state index is 12.9. The fourth-order valence-corrected chi connectivity index (χ4v) is 4.83. The molecule has 1 N–H and O–H groups in total. The van der Waals surface area contributed by atoms with Crippen molar-refractivity contribution in [1.29, 1.82) is 0 Å². The Hall–Kier alpha value is -2.38. The molecule has 1 atom stereocenters. The maximum Gasteiger partial charge on any atom is 0.352 e. The van der Waals surface area contributed by atoms with E-state index in [1.165, 1.54) is 0 Å². The van der Waals surface area contributed by atoms with Crippen LogP contribution in [0.3, 0.4) is 0 Å². The fraction of sp³-hybridized carbons (Fsp3) is 0.545. The maximum absolute atomic E-state index is 12.9. The predicted molar refractivity (Wildman–Crippen MR) is 112 cm³/mol. The van der Waals surface area contributed by atoms with Gasteiger partial charge >= 0.3 is 5.97 Å². The molecule has 156 valence electrons. The van der Waals surface area contributed by atoms with E-state index in [9.17, 15) is 14.7 Å². The van der Waals surface area contributed by atoms with Crippen LogP contribution >= 0.6 is 0 Å². The van der Waals surface area contributed by atoms with E-state index in [1.54, 1.807) is 10.6 Å². The molecule has 3 heterocycles. The Bertz CT molecular complexity index is 914. The monoisotopic (exact) mass is 398 g/mol. The van der Waals surface area contributed by atoms with E-state index >= 15 is 0 Å². The molecule has 2 aromatic rings. The van der Waals surface area contributed by atoms with Crippen LogP contribution in [0.1, 0.15) is 28.9 Å². The summed E-state index contributed by atoms with van der Waals surface area (Å²) in [5.74, 6) is -0.450. The molecule has 2 saturated heterocycles. The smallest absolute Gasteiger partial charge is 0.352 e. The lowest BCUT2D eigenvalue weighted by Crippen LogP contribution is -2.52. The lowest BCUT2D eigenvalue weighted by atomic mass is 9.96. The normalized spacial score (nSPS) is 21.6. The highest BCUT2D eigenvalue weighted by Crippen LogP contribution is 2.25. The largest absolute Gasteiger partial charge is 0.477 e. The number of para-hydroxylation sites is 1. The number of amides is 1. The Morgan fingerprint density at radius 2 is 1.86 bits per heavy atom. The number of aromatic carboxylic acids is 1. The number of carbonyl (C=O) groups is 2. The molecule has 7 nitrogen and oxygen atoms in total. The molecule has 0 spiro atoms. The number of carboxylic acids is 1. The molecule has 2 aliphatic rings. The van der Waals surface area contributed by atoms with Gasteiger partial charge in [-0.3, -0.25) is 9.69 Å². The summed E-state index contributed by atoms with van der Waals surface area (Å²) in [6.45, 7) is 5.96. The minimum Gasteiger partial charge on any atom is -0.477 e. The number of rotatable bonds is 4. The van der Waals surface area contributed by atoms with E-state index in [2.05, 4.69) is 22.9 Å². The van der Waals surface area contributed by atoms with Crippen LogP contribution in [0.5, 0.6) is 0 Å². The molecule has 1 aromatic carbocycles. The van der Waals surface area contributed by atoms with Gasteiger partial charge in [0.25, 0.3) is 0 Å². The Morgan fingerprint density at radius 3 is 2.55 bits per heavy atom. The molecule has 2 fully saturated rings. The van der Waals surface area contributed by atoms with E-state index in [0.717, 1.165) is 75.1 Å². The molecule has 4 rings (SSSR count). The van der Waals surface area contributed by atoms with Gasteiger partial charge in [-0.15, -0.1) is 0 Å². The van der Waals surface area contributed by atoms with Crippen molar-refractivity contribution in [1.82, 2.24) is 19.3 Å². The first kappa shape index (κ1) is 19.9. The standard InChI is InChI=1S/C22H30N4O3/c1-23-8-4-7-18(14-23)21(27)26-11-9-25(10-12-26)15-17-6-3-5-16-13-19(22(28)29)24(2)20(16)17/h3,5-6,13,18H,4,7-12,14-15H2,1-2H3,(H,28,29). The number of piperidine rings is 1. The topological polar surface area (TPSA) is 69.0 Å². The SMILES string of the molecule is CN1CCCC(C(=O)N2CCN(Cc3cccc4cc(C(=O)O)n(C)c34)CC2)C1. The van der Waals surface area contributed by atoms with E-state index in [-0.39, 0.29) is 5.92 Å². The quantitative estimate of drug-likeness (QED) is 0.852. The Balaban J connectivity index is 1.41. The molecule has 0 radical (unpaired) electrons. The minimum absolute atomic E-state index is 0.145. The Labute approximate surface area is 171 Å². The van der Waals surface area contributed by atoms with Gasteiger partial charge in [0.1, 0.15) is 5.69 Å². The molecule has 1 aromatic heterocycles. The second kappa shape index (κ2) is 8.16. The van der Waals surface area contributed by atoms with Crippen molar-refractivity contribution in [2.45, 2.75) is 19.4 Å². The van der Waals surface area contributed by atoms with Crippen molar-refractivity contribution in [3.05, 3.63) is 35.5 Å². The number of benzene rings is 1. The zero-order valence-corrected chi connectivity index (χ0v) is 17.3. The second-order valence-corrected chi connectivity index (χ2v) is 8.45. The van der Waals surface area contributed by atoms with E-state index in [1.807, 2.05) is 24.1 Å². The lowest BCUT2D eigenvalue weighted by Gasteiger charge is -2.38. The summed E-state index contributed by atoms with van der Waals surface area (Å²) in [4.78, 5) is 31.0. The van der Waals surface area contributed by atoms with E-state index in [4.69, 9.17) is 0 Å². The van der Waals surface area contributed by atoms with Crippen LogP contribution in [0, 0.1) is 5.92 Å². The molecule has 1 amide bonds. The Kier molecular flexibility index (Phi) is 5.61. The number of hydrogen-bond donors (Lipinski definition) is 1. The highest BCUT2D eigenvalue weighted by molar-refractivity contribution is 5.95. The highest BCUT2D eigenvalue weighted by atomic mass is 16.4. The first-order valence-electron chi connectivity index (χ1n) is 10.4. The lowest BCUT2D eigenvalue weighted by molar-refractivity contribution is -0.139. The number of carbonyl (C=O) groups excluding carboxylic acids is 1. The van der Waals surface area contributed by atoms with Crippen LogP contribution in [0.2, 0.25) is 0 Å². The third-order valence-electron chi connectivity index (χ3n) is 6.41. The first-order valence-corrected chi connectivity index (χ1v) is 10.4. The Morgan fingerprint density at radius 1 is 1.10 bits per heavy atom. The second-order valence-electron chi connectivity index (χ2n) is 8.45. The van der Waals surface area contributed by atoms with Crippen molar-refractivity contribution < 1.29 is 14.7 Å². The third kappa shape index (κ3) is 4.02. The van der Waals surface area contributed by atoms with Crippen LogP contribution in [0.4, 0.5) is 0 Å². The number of aryl methyl sites for hydroxylation is 1. The number of likely N-dealkylation sites (tertiary alicyclic amines) is 1. The van der Waals surface area contributed by atoms with Gasteiger partial charge in [0.05, 0.1) is 11.4 Å². The highest BCUT2D eigenvalue weighted by Gasteiger charge is 2.30. The fourth-order valence-electron chi connectivity index (χ4n) is 4.83. The molecule has 0 saturated carbocycles. The van der Waals surface area contributed by atoms with Gasteiger partial charge in [0.15, 0.2) is 0 Å². The van der Waals surface area contributed by atoms with E-state index in [0.29, 0.717) is 11.6 Å². The van der Waals surface area contributed by atoms with Crippen LogP contribution in [0.15, 0.2) is 24.3 Å². The number of aromatic nitrogens is 1. The molecule has 29 heavy (non-hydrogen) atoms. The van der Waals surface area contributed by atoms with Crippen molar-refractivity contribution >= 4 is 22.8 Å². The van der Waals surface area contributed by atoms with Crippen molar-refractivity contribution in [3.63, 3.8) is 0 Å². The van der Waals surface area contributed by atoms with Crippen molar-refractivity contribution in [2.24, 2.45) is 13.0 Å². The number of hydrogen-bond acceptors (Lipinski definition) is 4. The number of carboxylic acid groups (broad SMARTS) is 1. The summed E-state index contributed by atoms with van der Waals surface area (Å²) < 4.78 is 1.77. The molecule has 0 bridgehead atoms. The number of piperazine rings is 1. The van der Waals surface area contributed by atoms with Gasteiger partial charge in [-0.1, -0.05) is 18.2 Å². The molecule has 0 aliphatic carbocycles. The van der Waals surface area contributed by atoms with Crippen LogP contribution < -0.4 is 0 Å². The average Bonchev–Trinajstić information content (AvgIpc) is 3.06. The third-order valence-corrected chi connectivity index (χ3v) is 6.41. The summed E-state index contributed by atoms with van der Waals surface area (Å²) in [7, 11) is 3.91. The van der Waals surface area contributed by atoms with Gasteiger partial charge in [-0.2, -0.15) is 0 Å². The first-order chi connectivity index (χ1) is 13.9. The summed E-state index contributed by atoms with van der Waals surface area (Å²) in [5, 5.41) is 10.4.